The van der Waals surface area contributed by atoms with E-state index in [0.717, 1.165) is 25.0 Å². The van der Waals surface area contributed by atoms with E-state index in [0.29, 0.717) is 18.2 Å². The Morgan fingerprint density at radius 1 is 1.21 bits per heavy atom. The van der Waals surface area contributed by atoms with Crippen LogP contribution in [0, 0.1) is 12.8 Å². The number of pyridine rings is 1. The van der Waals surface area contributed by atoms with Gasteiger partial charge in [0.2, 0.25) is 5.88 Å². The minimum absolute atomic E-state index is 0.0814. The van der Waals surface area contributed by atoms with Crippen molar-refractivity contribution in [2.75, 3.05) is 6.61 Å². The first-order chi connectivity index (χ1) is 8.95. The van der Waals surface area contributed by atoms with Gasteiger partial charge < -0.3 is 4.74 Å². The van der Waals surface area contributed by atoms with Gasteiger partial charge in [0.25, 0.3) is 0 Å². The van der Waals surface area contributed by atoms with Crippen molar-refractivity contribution < 1.29 is 17.9 Å². The van der Waals surface area contributed by atoms with Gasteiger partial charge >= 0.3 is 6.18 Å². The molecule has 0 spiro atoms. The largest absolute Gasteiger partial charge is 0.477 e. The zero-order valence-corrected chi connectivity index (χ0v) is 11.0. The lowest BCUT2D eigenvalue weighted by atomic mass is 9.90. The Morgan fingerprint density at radius 2 is 1.89 bits per heavy atom. The zero-order chi connectivity index (χ0) is 13.9. The van der Waals surface area contributed by atoms with Gasteiger partial charge in [0, 0.05) is 11.8 Å². The maximum Gasteiger partial charge on any atom is 0.416 e. The van der Waals surface area contributed by atoms with Crippen molar-refractivity contribution in [2.45, 2.75) is 45.2 Å². The minimum atomic E-state index is -4.35. The van der Waals surface area contributed by atoms with Gasteiger partial charge in [0.15, 0.2) is 0 Å². The Kier molecular flexibility index (Phi) is 4.32. The average Bonchev–Trinajstić information content (AvgIpc) is 2.36. The molecule has 19 heavy (non-hydrogen) atoms. The highest BCUT2D eigenvalue weighted by molar-refractivity contribution is 5.26. The van der Waals surface area contributed by atoms with Crippen molar-refractivity contribution in [3.8, 4) is 5.88 Å². The van der Waals surface area contributed by atoms with Gasteiger partial charge in [-0.3, -0.25) is 0 Å². The molecule has 1 fully saturated rings. The third-order valence-corrected chi connectivity index (χ3v) is 3.45. The number of alkyl halides is 3. The highest BCUT2D eigenvalue weighted by Gasteiger charge is 2.31. The maximum atomic E-state index is 12.7. The quantitative estimate of drug-likeness (QED) is 0.816. The molecule has 1 aliphatic rings. The van der Waals surface area contributed by atoms with Gasteiger partial charge in [-0.15, -0.1) is 0 Å². The van der Waals surface area contributed by atoms with Gasteiger partial charge in [-0.25, -0.2) is 4.98 Å². The zero-order valence-electron chi connectivity index (χ0n) is 11.0. The molecule has 1 aromatic heterocycles. The Bertz CT molecular complexity index is 425. The number of nitrogens with zero attached hydrogens (tertiary/aromatic N) is 1. The fourth-order valence-electron chi connectivity index (χ4n) is 2.43. The van der Waals surface area contributed by atoms with E-state index in [9.17, 15) is 13.2 Å². The lowest BCUT2D eigenvalue weighted by Crippen LogP contribution is -2.16. The lowest BCUT2D eigenvalue weighted by molar-refractivity contribution is -0.137. The maximum absolute atomic E-state index is 12.7. The molecule has 0 atom stereocenters. The van der Waals surface area contributed by atoms with Crippen LogP contribution in [0.2, 0.25) is 0 Å². The van der Waals surface area contributed by atoms with E-state index < -0.39 is 11.7 Å². The van der Waals surface area contributed by atoms with Crippen LogP contribution in [0.15, 0.2) is 12.1 Å². The van der Waals surface area contributed by atoms with E-state index in [1.165, 1.54) is 19.3 Å². The highest BCUT2D eigenvalue weighted by Crippen LogP contribution is 2.32. The van der Waals surface area contributed by atoms with Crippen molar-refractivity contribution in [3.63, 3.8) is 0 Å². The summed E-state index contributed by atoms with van der Waals surface area (Å²) in [5, 5.41) is 0. The van der Waals surface area contributed by atoms with Crippen LogP contribution in [0.25, 0.3) is 0 Å². The number of hydrogen-bond acceptors (Lipinski definition) is 2. The molecule has 5 heteroatoms. The van der Waals surface area contributed by atoms with Gasteiger partial charge in [0.1, 0.15) is 0 Å². The summed E-state index contributed by atoms with van der Waals surface area (Å²) in [7, 11) is 0. The summed E-state index contributed by atoms with van der Waals surface area (Å²) >= 11 is 0. The summed E-state index contributed by atoms with van der Waals surface area (Å²) in [4.78, 5) is 4.01. The molecular weight excluding hydrogens is 255 g/mol. The number of halogens is 3. The van der Waals surface area contributed by atoms with Gasteiger partial charge in [-0.05, 0) is 31.7 Å². The summed E-state index contributed by atoms with van der Waals surface area (Å²) in [5.74, 6) is 0.531. The van der Waals surface area contributed by atoms with E-state index in [2.05, 4.69) is 4.98 Å². The predicted molar refractivity (Wildman–Crippen MR) is 66.0 cm³/mol. The normalized spacial score (nSPS) is 17.5. The molecule has 0 saturated heterocycles. The summed E-state index contributed by atoms with van der Waals surface area (Å²) in [5.41, 5.74) is -0.368. The molecule has 2 nitrogen and oxygen atoms in total. The topological polar surface area (TPSA) is 22.1 Å². The van der Waals surface area contributed by atoms with Crippen LogP contribution in [0.5, 0.6) is 5.88 Å². The first kappa shape index (κ1) is 14.2. The van der Waals surface area contributed by atoms with Crippen LogP contribution >= 0.6 is 0 Å². The third-order valence-electron chi connectivity index (χ3n) is 3.45. The standard InChI is InChI=1S/C14H18F3NO/c1-10-7-12(14(15,16)17)8-13(18-10)19-9-11-5-3-2-4-6-11/h7-8,11H,2-6,9H2,1H3. The van der Waals surface area contributed by atoms with E-state index in [1.807, 2.05) is 0 Å². The van der Waals surface area contributed by atoms with Crippen LogP contribution in [0.4, 0.5) is 13.2 Å². The smallest absolute Gasteiger partial charge is 0.416 e. The lowest BCUT2D eigenvalue weighted by Gasteiger charge is -2.21. The molecule has 0 aromatic carbocycles. The molecule has 0 aliphatic heterocycles. The van der Waals surface area contributed by atoms with Crippen molar-refractivity contribution in [1.82, 2.24) is 4.98 Å². The Morgan fingerprint density at radius 3 is 2.53 bits per heavy atom. The van der Waals surface area contributed by atoms with Crippen LogP contribution in [-0.4, -0.2) is 11.6 Å². The molecule has 0 N–H and O–H groups in total. The number of ether oxygens (including phenoxy) is 1. The van der Waals surface area contributed by atoms with E-state index >= 15 is 0 Å². The minimum Gasteiger partial charge on any atom is -0.477 e. The van der Waals surface area contributed by atoms with Crippen LogP contribution in [0.3, 0.4) is 0 Å². The molecule has 0 bridgehead atoms. The molecular formula is C14H18F3NO. The average molecular weight is 273 g/mol. The number of aromatic nitrogens is 1. The van der Waals surface area contributed by atoms with Crippen molar-refractivity contribution in [3.05, 3.63) is 23.4 Å². The first-order valence-electron chi connectivity index (χ1n) is 6.64. The molecule has 0 amide bonds. The van der Waals surface area contributed by atoms with E-state index in [-0.39, 0.29) is 5.88 Å². The van der Waals surface area contributed by atoms with Crippen molar-refractivity contribution >= 4 is 0 Å². The second kappa shape index (κ2) is 5.80. The third kappa shape index (κ3) is 4.11. The van der Waals surface area contributed by atoms with Crippen LogP contribution < -0.4 is 4.74 Å². The molecule has 1 aliphatic carbocycles. The summed E-state index contributed by atoms with van der Waals surface area (Å²) in [6.45, 7) is 2.01. The summed E-state index contributed by atoms with van der Waals surface area (Å²) < 4.78 is 43.4. The highest BCUT2D eigenvalue weighted by atomic mass is 19.4. The Balaban J connectivity index is 2.01. The number of rotatable bonds is 3. The van der Waals surface area contributed by atoms with Crippen molar-refractivity contribution in [2.24, 2.45) is 5.92 Å². The SMILES string of the molecule is Cc1cc(C(F)(F)F)cc(OCC2CCCCC2)n1. The van der Waals surface area contributed by atoms with Crippen LogP contribution in [-0.2, 0) is 6.18 Å². The molecule has 0 radical (unpaired) electrons. The number of aryl methyl sites for hydroxylation is 1. The molecule has 1 heterocycles. The first-order valence-corrected chi connectivity index (χ1v) is 6.64. The monoisotopic (exact) mass is 273 g/mol. The molecule has 0 unspecified atom stereocenters. The van der Waals surface area contributed by atoms with E-state index in [1.54, 1.807) is 6.92 Å². The van der Waals surface area contributed by atoms with Crippen LogP contribution in [0.1, 0.15) is 43.4 Å². The molecule has 106 valence electrons. The summed E-state index contributed by atoms with van der Waals surface area (Å²) in [6.07, 6.45) is 1.45. The number of hydrogen-bond donors (Lipinski definition) is 0. The molecule has 1 aromatic rings. The van der Waals surface area contributed by atoms with Gasteiger partial charge in [0.05, 0.1) is 12.2 Å². The Hall–Kier alpha value is -1.26. The fraction of sp³-hybridized carbons (Fsp3) is 0.643. The molecule has 1 saturated carbocycles. The van der Waals surface area contributed by atoms with Gasteiger partial charge in [-0.2, -0.15) is 13.2 Å². The Labute approximate surface area is 111 Å². The van der Waals surface area contributed by atoms with Crippen molar-refractivity contribution in [1.29, 1.82) is 0 Å². The summed E-state index contributed by atoms with van der Waals surface area (Å²) in [6, 6.07) is 2.02. The second-order valence-corrected chi connectivity index (χ2v) is 5.15. The molecule has 2 rings (SSSR count). The fourth-order valence-corrected chi connectivity index (χ4v) is 2.43. The van der Waals surface area contributed by atoms with E-state index in [4.69, 9.17) is 4.74 Å². The second-order valence-electron chi connectivity index (χ2n) is 5.15. The van der Waals surface area contributed by atoms with Gasteiger partial charge in [-0.1, -0.05) is 19.3 Å². The predicted octanol–water partition coefficient (Wildman–Crippen LogP) is 4.37.